The molecule has 2 aromatic rings. The first-order chi connectivity index (χ1) is 15.0. The molecule has 31 heavy (non-hydrogen) atoms. The van der Waals surface area contributed by atoms with Crippen molar-refractivity contribution in [3.63, 3.8) is 0 Å². The summed E-state index contributed by atoms with van der Waals surface area (Å²) in [4.78, 5) is 23.8. The van der Waals surface area contributed by atoms with E-state index in [2.05, 4.69) is 37.8 Å². The van der Waals surface area contributed by atoms with E-state index in [1.54, 1.807) is 12.1 Å². The van der Waals surface area contributed by atoms with E-state index in [0.717, 1.165) is 12.8 Å². The molecule has 0 saturated heterocycles. The Balaban J connectivity index is 1.41. The van der Waals surface area contributed by atoms with E-state index in [9.17, 15) is 14.7 Å². The van der Waals surface area contributed by atoms with E-state index < -0.39 is 11.8 Å². The highest BCUT2D eigenvalue weighted by Crippen LogP contribution is 2.34. The molecule has 0 atom stereocenters. The molecule has 0 bridgehead atoms. The molecule has 164 valence electrons. The minimum absolute atomic E-state index is 0.0241. The van der Waals surface area contributed by atoms with Crippen LogP contribution in [0.3, 0.4) is 0 Å². The van der Waals surface area contributed by atoms with Gasteiger partial charge in [0.15, 0.2) is 18.1 Å². The molecule has 8 nitrogen and oxygen atoms in total. The maximum absolute atomic E-state index is 11.9. The third-order valence-electron chi connectivity index (χ3n) is 4.81. The molecule has 9 heteroatoms. The van der Waals surface area contributed by atoms with Gasteiger partial charge in [0.25, 0.3) is 11.8 Å². The lowest BCUT2D eigenvalue weighted by atomic mass is 9.92. The van der Waals surface area contributed by atoms with Gasteiger partial charge in [0, 0.05) is 0 Å². The van der Waals surface area contributed by atoms with Crippen LogP contribution in [0.25, 0.3) is 0 Å². The van der Waals surface area contributed by atoms with E-state index in [1.807, 2.05) is 12.1 Å². The fraction of sp³-hybridized carbons (Fsp3) is 0.318. The van der Waals surface area contributed by atoms with Crippen molar-refractivity contribution in [2.24, 2.45) is 5.10 Å². The maximum atomic E-state index is 11.9. The molecular formula is C22H24BrN3O5. The van der Waals surface area contributed by atoms with Crippen molar-refractivity contribution in [1.29, 1.82) is 0 Å². The lowest BCUT2D eigenvalue weighted by Crippen LogP contribution is -2.37. The number of amides is 2. The van der Waals surface area contributed by atoms with Crippen LogP contribution in [-0.2, 0) is 22.4 Å². The number of aromatic hydroxyl groups is 1. The number of methoxy groups -OCH3 is 1. The van der Waals surface area contributed by atoms with Crippen LogP contribution in [0.5, 0.6) is 17.2 Å². The van der Waals surface area contributed by atoms with Gasteiger partial charge < -0.3 is 19.9 Å². The van der Waals surface area contributed by atoms with Crippen LogP contribution in [0.15, 0.2) is 39.9 Å². The van der Waals surface area contributed by atoms with Crippen LogP contribution < -0.4 is 20.2 Å². The highest BCUT2D eigenvalue weighted by atomic mass is 79.9. The molecule has 1 aliphatic rings. The number of nitrogens with one attached hydrogen (secondary N) is 2. The number of ether oxygens (including phenoxy) is 2. The van der Waals surface area contributed by atoms with Gasteiger partial charge in [-0.2, -0.15) is 5.10 Å². The number of fused-ring (bicyclic) bond motifs is 1. The zero-order valence-corrected chi connectivity index (χ0v) is 18.7. The van der Waals surface area contributed by atoms with Gasteiger partial charge >= 0.3 is 0 Å². The first-order valence-corrected chi connectivity index (χ1v) is 10.6. The topological polar surface area (TPSA) is 109 Å². The smallest absolute Gasteiger partial charge is 0.259 e. The zero-order chi connectivity index (χ0) is 22.2. The van der Waals surface area contributed by atoms with Crippen molar-refractivity contribution < 1.29 is 24.2 Å². The Labute approximate surface area is 188 Å². The van der Waals surface area contributed by atoms with Crippen LogP contribution in [0, 0.1) is 0 Å². The van der Waals surface area contributed by atoms with Gasteiger partial charge in [0.2, 0.25) is 0 Å². The lowest BCUT2D eigenvalue weighted by molar-refractivity contribution is -0.127. The van der Waals surface area contributed by atoms with Gasteiger partial charge in [-0.15, -0.1) is 0 Å². The van der Waals surface area contributed by atoms with E-state index in [1.165, 1.54) is 37.3 Å². The Kier molecular flexibility index (Phi) is 7.88. The average Bonchev–Trinajstić information content (AvgIpc) is 2.78. The molecule has 0 unspecified atom stereocenters. The van der Waals surface area contributed by atoms with Crippen LogP contribution in [0.1, 0.15) is 29.5 Å². The fourth-order valence-corrected chi connectivity index (χ4v) is 3.68. The SMILES string of the molecule is COc1cc(/C=N/NC(=O)CNC(=O)COc2ccc3c(c2)CCCC3)cc(Br)c1O. The van der Waals surface area contributed by atoms with E-state index in [4.69, 9.17) is 9.47 Å². The van der Waals surface area contributed by atoms with Crippen LogP contribution in [0.4, 0.5) is 0 Å². The highest BCUT2D eigenvalue weighted by molar-refractivity contribution is 9.10. The Morgan fingerprint density at radius 3 is 2.71 bits per heavy atom. The number of benzene rings is 2. The predicted octanol–water partition coefficient (Wildman–Crippen LogP) is 2.69. The number of hydrogen-bond donors (Lipinski definition) is 3. The van der Waals surface area contributed by atoms with Crippen molar-refractivity contribution in [1.82, 2.24) is 10.7 Å². The maximum Gasteiger partial charge on any atom is 0.259 e. The number of phenols is 1. The monoisotopic (exact) mass is 489 g/mol. The number of hydrazone groups is 1. The summed E-state index contributed by atoms with van der Waals surface area (Å²) in [6, 6.07) is 9.09. The number of halogens is 1. The van der Waals surface area contributed by atoms with Crippen molar-refractivity contribution in [2.75, 3.05) is 20.3 Å². The second-order valence-corrected chi connectivity index (χ2v) is 7.90. The van der Waals surface area contributed by atoms with Gasteiger partial charge in [-0.3, -0.25) is 9.59 Å². The summed E-state index contributed by atoms with van der Waals surface area (Å²) in [5.74, 6) is 0.0184. The molecule has 0 radical (unpaired) electrons. The molecular weight excluding hydrogens is 466 g/mol. The molecule has 3 rings (SSSR count). The third kappa shape index (κ3) is 6.45. The van der Waals surface area contributed by atoms with Gasteiger partial charge in [0.1, 0.15) is 5.75 Å². The zero-order valence-electron chi connectivity index (χ0n) is 17.1. The summed E-state index contributed by atoms with van der Waals surface area (Å²) < 4.78 is 11.0. The van der Waals surface area contributed by atoms with E-state index >= 15 is 0 Å². The van der Waals surface area contributed by atoms with Gasteiger partial charge in [-0.05, 0) is 82.6 Å². The Bertz CT molecular complexity index is 993. The second-order valence-electron chi connectivity index (χ2n) is 7.05. The summed E-state index contributed by atoms with van der Waals surface area (Å²) in [6.45, 7) is -0.400. The normalized spacial score (nSPS) is 12.8. The number of carbonyl (C=O) groups is 2. The number of carbonyl (C=O) groups excluding carboxylic acids is 2. The molecule has 3 N–H and O–H groups in total. The number of aryl methyl sites for hydroxylation is 2. The Morgan fingerprint density at radius 2 is 1.94 bits per heavy atom. The molecule has 2 amide bonds. The summed E-state index contributed by atoms with van der Waals surface area (Å²) in [5, 5.41) is 16.1. The van der Waals surface area contributed by atoms with Crippen molar-refractivity contribution >= 4 is 34.0 Å². The average molecular weight is 490 g/mol. The van der Waals surface area contributed by atoms with Gasteiger partial charge in [-0.1, -0.05) is 6.07 Å². The summed E-state index contributed by atoms with van der Waals surface area (Å²) >= 11 is 3.21. The number of hydrogen-bond acceptors (Lipinski definition) is 6. The van der Waals surface area contributed by atoms with Crippen LogP contribution in [0.2, 0.25) is 0 Å². The van der Waals surface area contributed by atoms with Gasteiger partial charge in [0.05, 0.1) is 24.3 Å². The minimum atomic E-state index is -0.483. The number of rotatable bonds is 8. The number of nitrogens with zero attached hydrogens (tertiary/aromatic N) is 1. The standard InChI is InChI=1S/C22H24BrN3O5/c1-30-19-9-14(8-18(23)22(19)29)11-25-26-20(27)12-24-21(28)13-31-17-7-6-15-4-2-3-5-16(15)10-17/h6-11,29H,2-5,12-13H2,1H3,(H,24,28)(H,26,27)/b25-11+. The fourth-order valence-electron chi connectivity index (χ4n) is 3.22. The third-order valence-corrected chi connectivity index (χ3v) is 5.41. The predicted molar refractivity (Wildman–Crippen MR) is 120 cm³/mol. The summed E-state index contributed by atoms with van der Waals surface area (Å²) in [5.41, 5.74) is 5.55. The first-order valence-electron chi connectivity index (χ1n) is 9.86. The minimum Gasteiger partial charge on any atom is -0.503 e. The largest absolute Gasteiger partial charge is 0.503 e. The van der Waals surface area contributed by atoms with Crippen molar-refractivity contribution in [3.8, 4) is 17.2 Å². The van der Waals surface area contributed by atoms with E-state index in [0.29, 0.717) is 15.8 Å². The van der Waals surface area contributed by atoms with Crippen molar-refractivity contribution in [2.45, 2.75) is 25.7 Å². The second kappa shape index (κ2) is 10.8. The summed E-state index contributed by atoms with van der Waals surface area (Å²) in [6.07, 6.45) is 5.90. The number of phenolic OH excluding ortho intramolecular Hbond substituents is 1. The Morgan fingerprint density at radius 1 is 1.16 bits per heavy atom. The Hall–Kier alpha value is -3.07. The molecule has 0 heterocycles. The van der Waals surface area contributed by atoms with Gasteiger partial charge in [-0.25, -0.2) is 5.43 Å². The quantitative estimate of drug-likeness (QED) is 0.390. The molecule has 0 aromatic heterocycles. The molecule has 0 saturated carbocycles. The summed E-state index contributed by atoms with van der Waals surface area (Å²) in [7, 11) is 1.43. The van der Waals surface area contributed by atoms with E-state index in [-0.39, 0.29) is 24.7 Å². The molecule has 1 aliphatic carbocycles. The first kappa shape index (κ1) is 22.6. The molecule has 0 spiro atoms. The van der Waals surface area contributed by atoms with Crippen molar-refractivity contribution in [3.05, 3.63) is 51.5 Å². The molecule has 0 fully saturated rings. The highest BCUT2D eigenvalue weighted by Gasteiger charge is 2.11. The molecule has 0 aliphatic heterocycles. The van der Waals surface area contributed by atoms with Crippen LogP contribution in [-0.4, -0.2) is 43.4 Å². The molecule has 2 aromatic carbocycles. The lowest BCUT2D eigenvalue weighted by Gasteiger charge is -2.16. The van der Waals surface area contributed by atoms with Crippen LogP contribution >= 0.6 is 15.9 Å².